The van der Waals surface area contributed by atoms with Crippen LogP contribution in [0.25, 0.3) is 0 Å². The third kappa shape index (κ3) is 25.5. The standard InChI is InChI=1S/C28H57NO/c1-3-5-7-9-11-13-15-17-19-21-23-25-27-29(30)28-26-24-22-20-18-16-14-12-10-8-6-4-2/h27H,3-26,28H2,1-2H3/b29-27+. The third-order valence-corrected chi connectivity index (χ3v) is 6.37. The molecule has 0 saturated carbocycles. The summed E-state index contributed by atoms with van der Waals surface area (Å²) in [5, 5.41) is 11.9. The molecule has 0 aromatic rings. The maximum absolute atomic E-state index is 11.9. The fraction of sp³-hybridized carbons (Fsp3) is 0.964. The molecule has 0 spiro atoms. The highest BCUT2D eigenvalue weighted by Crippen LogP contribution is 2.13. The van der Waals surface area contributed by atoms with E-state index in [1.54, 1.807) is 0 Å². The second-order valence-electron chi connectivity index (χ2n) is 9.54. The van der Waals surface area contributed by atoms with Crippen molar-refractivity contribution in [2.24, 2.45) is 0 Å². The Kier molecular flexibility index (Phi) is 26.0. The van der Waals surface area contributed by atoms with Crippen molar-refractivity contribution in [2.45, 2.75) is 168 Å². The summed E-state index contributed by atoms with van der Waals surface area (Å²) < 4.78 is 1.20. The highest BCUT2D eigenvalue weighted by molar-refractivity contribution is 5.50. The van der Waals surface area contributed by atoms with Gasteiger partial charge in [0.05, 0.1) is 0 Å². The molecule has 0 N–H and O–H groups in total. The highest BCUT2D eigenvalue weighted by Gasteiger charge is 1.97. The van der Waals surface area contributed by atoms with E-state index in [1.807, 2.05) is 6.21 Å². The molecule has 0 aliphatic rings. The minimum absolute atomic E-state index is 0.704. The van der Waals surface area contributed by atoms with Gasteiger partial charge in [-0.1, -0.05) is 142 Å². The van der Waals surface area contributed by atoms with Crippen molar-refractivity contribution < 1.29 is 4.74 Å². The zero-order chi connectivity index (χ0) is 22.0. The van der Waals surface area contributed by atoms with Crippen LogP contribution < -0.4 is 0 Å². The molecule has 0 fully saturated rings. The second-order valence-corrected chi connectivity index (χ2v) is 9.54. The fourth-order valence-electron chi connectivity index (χ4n) is 4.24. The van der Waals surface area contributed by atoms with Crippen LogP contribution >= 0.6 is 0 Å². The van der Waals surface area contributed by atoms with Crippen molar-refractivity contribution in [3.63, 3.8) is 0 Å². The molecular weight excluding hydrogens is 366 g/mol. The molecule has 0 aliphatic carbocycles. The zero-order valence-corrected chi connectivity index (χ0v) is 21.1. The van der Waals surface area contributed by atoms with Crippen LogP contribution in [0.15, 0.2) is 0 Å². The Morgan fingerprint density at radius 1 is 0.433 bits per heavy atom. The van der Waals surface area contributed by atoms with E-state index in [9.17, 15) is 5.21 Å². The average molecular weight is 424 g/mol. The van der Waals surface area contributed by atoms with Crippen molar-refractivity contribution >= 4 is 6.21 Å². The van der Waals surface area contributed by atoms with Gasteiger partial charge >= 0.3 is 0 Å². The van der Waals surface area contributed by atoms with Gasteiger partial charge in [-0.3, -0.25) is 0 Å². The minimum atomic E-state index is 0.704. The summed E-state index contributed by atoms with van der Waals surface area (Å²) >= 11 is 0. The predicted molar refractivity (Wildman–Crippen MR) is 137 cm³/mol. The molecule has 0 heterocycles. The van der Waals surface area contributed by atoms with Gasteiger partial charge in [-0.25, -0.2) is 4.74 Å². The molecule has 2 heteroatoms. The lowest BCUT2D eigenvalue weighted by Crippen LogP contribution is -2.06. The number of hydrogen-bond donors (Lipinski definition) is 0. The zero-order valence-electron chi connectivity index (χ0n) is 21.1. The molecular formula is C28H57NO. The predicted octanol–water partition coefficient (Wildman–Crippen LogP) is 9.97. The Balaban J connectivity index is 3.22. The van der Waals surface area contributed by atoms with E-state index in [0.717, 1.165) is 12.8 Å². The maximum atomic E-state index is 11.9. The van der Waals surface area contributed by atoms with Crippen molar-refractivity contribution in [3.8, 4) is 0 Å². The first-order valence-electron chi connectivity index (χ1n) is 14.1. The van der Waals surface area contributed by atoms with E-state index in [4.69, 9.17) is 0 Å². The van der Waals surface area contributed by atoms with Gasteiger partial charge in [-0.05, 0) is 12.8 Å². The van der Waals surface area contributed by atoms with Crippen molar-refractivity contribution in [1.82, 2.24) is 0 Å². The van der Waals surface area contributed by atoms with Gasteiger partial charge in [0, 0.05) is 12.8 Å². The monoisotopic (exact) mass is 423 g/mol. The van der Waals surface area contributed by atoms with Gasteiger partial charge in [-0.15, -0.1) is 0 Å². The summed E-state index contributed by atoms with van der Waals surface area (Å²) in [5.41, 5.74) is 0. The van der Waals surface area contributed by atoms with E-state index in [2.05, 4.69) is 13.8 Å². The highest BCUT2D eigenvalue weighted by atomic mass is 16.5. The summed E-state index contributed by atoms with van der Waals surface area (Å²) in [4.78, 5) is 0. The molecule has 2 nitrogen and oxygen atoms in total. The van der Waals surface area contributed by atoms with Crippen LogP contribution in [0, 0.1) is 5.21 Å². The minimum Gasteiger partial charge on any atom is -0.624 e. The van der Waals surface area contributed by atoms with Crippen LogP contribution in [0.3, 0.4) is 0 Å². The average Bonchev–Trinajstić information content (AvgIpc) is 2.75. The molecule has 0 aromatic carbocycles. The lowest BCUT2D eigenvalue weighted by atomic mass is 10.1. The summed E-state index contributed by atoms with van der Waals surface area (Å²) in [6, 6.07) is 0. The smallest absolute Gasteiger partial charge is 0.153 e. The van der Waals surface area contributed by atoms with Crippen LogP contribution in [0.4, 0.5) is 0 Å². The lowest BCUT2D eigenvalue weighted by Gasteiger charge is -2.05. The Morgan fingerprint density at radius 3 is 1.10 bits per heavy atom. The molecule has 0 aromatic heterocycles. The van der Waals surface area contributed by atoms with Gasteiger partial charge in [-0.2, -0.15) is 0 Å². The second kappa shape index (κ2) is 26.5. The van der Waals surface area contributed by atoms with Gasteiger partial charge in [0.2, 0.25) is 0 Å². The van der Waals surface area contributed by atoms with Crippen LogP contribution in [0.1, 0.15) is 168 Å². The van der Waals surface area contributed by atoms with Crippen LogP contribution in [0.2, 0.25) is 0 Å². The summed E-state index contributed by atoms with van der Waals surface area (Å²) in [5.74, 6) is 0. The molecule has 0 atom stereocenters. The number of unbranched alkanes of at least 4 members (excludes halogenated alkanes) is 22. The number of rotatable bonds is 25. The Bertz CT molecular complexity index is 340. The fourth-order valence-corrected chi connectivity index (χ4v) is 4.24. The van der Waals surface area contributed by atoms with E-state index in [0.29, 0.717) is 6.54 Å². The first-order valence-corrected chi connectivity index (χ1v) is 14.1. The summed E-state index contributed by atoms with van der Waals surface area (Å²) in [6.07, 6.45) is 34.2. The van der Waals surface area contributed by atoms with Crippen molar-refractivity contribution in [2.75, 3.05) is 6.54 Å². The van der Waals surface area contributed by atoms with E-state index in [1.165, 1.54) is 146 Å². The lowest BCUT2D eigenvalue weighted by molar-refractivity contribution is -0.454. The number of hydroxylamine groups is 1. The first-order chi connectivity index (χ1) is 14.8. The van der Waals surface area contributed by atoms with Crippen molar-refractivity contribution in [1.29, 1.82) is 0 Å². The Morgan fingerprint density at radius 2 is 0.733 bits per heavy atom. The third-order valence-electron chi connectivity index (χ3n) is 6.37. The van der Waals surface area contributed by atoms with Gasteiger partial charge < -0.3 is 5.21 Å². The normalized spacial score (nSPS) is 12.0. The number of hydrogen-bond acceptors (Lipinski definition) is 1. The van der Waals surface area contributed by atoms with Crippen molar-refractivity contribution in [3.05, 3.63) is 5.21 Å². The topological polar surface area (TPSA) is 26.1 Å². The molecule has 0 rings (SSSR count). The molecule has 0 unspecified atom stereocenters. The molecule has 0 aliphatic heterocycles. The summed E-state index contributed by atoms with van der Waals surface area (Å²) in [6.45, 7) is 5.27. The molecule has 180 valence electrons. The van der Waals surface area contributed by atoms with Crippen LogP contribution in [-0.2, 0) is 0 Å². The van der Waals surface area contributed by atoms with E-state index >= 15 is 0 Å². The molecule has 0 radical (unpaired) electrons. The van der Waals surface area contributed by atoms with Gasteiger partial charge in [0.15, 0.2) is 12.8 Å². The molecule has 30 heavy (non-hydrogen) atoms. The Hall–Kier alpha value is -0.530. The largest absolute Gasteiger partial charge is 0.624 e. The van der Waals surface area contributed by atoms with Crippen LogP contribution in [0.5, 0.6) is 0 Å². The summed E-state index contributed by atoms with van der Waals surface area (Å²) in [7, 11) is 0. The number of nitrogens with zero attached hydrogens (tertiary/aromatic N) is 1. The Labute approximate surface area is 190 Å². The van der Waals surface area contributed by atoms with Gasteiger partial charge in [0.1, 0.15) is 0 Å². The van der Waals surface area contributed by atoms with Gasteiger partial charge in [0.25, 0.3) is 0 Å². The molecule has 0 amide bonds. The maximum Gasteiger partial charge on any atom is 0.153 e. The van der Waals surface area contributed by atoms with E-state index < -0.39 is 0 Å². The first kappa shape index (κ1) is 29.5. The van der Waals surface area contributed by atoms with E-state index in [-0.39, 0.29) is 0 Å². The molecule has 0 bridgehead atoms. The van der Waals surface area contributed by atoms with Crippen LogP contribution in [-0.4, -0.2) is 17.5 Å². The molecule has 0 saturated heterocycles. The SMILES string of the molecule is CCCCCCCCCCCCC/C=[N+](/[O-])CCCCCCCCCCCCCC. The quantitative estimate of drug-likeness (QED) is 0.0471.